The summed E-state index contributed by atoms with van der Waals surface area (Å²) in [5, 5.41) is 31.6. The lowest BCUT2D eigenvalue weighted by Crippen LogP contribution is -2.30. The van der Waals surface area contributed by atoms with Gasteiger partial charge in [0, 0.05) is 23.3 Å². The van der Waals surface area contributed by atoms with Crippen LogP contribution >= 0.6 is 0 Å². The Kier molecular flexibility index (Phi) is 3.86. The van der Waals surface area contributed by atoms with Crippen LogP contribution in [0.25, 0.3) is 0 Å². The van der Waals surface area contributed by atoms with E-state index in [0.29, 0.717) is 29.6 Å². The number of nitro groups is 1. The van der Waals surface area contributed by atoms with Crippen LogP contribution in [0.5, 0.6) is 11.5 Å². The van der Waals surface area contributed by atoms with E-state index in [9.17, 15) is 10.1 Å². The van der Waals surface area contributed by atoms with Crippen molar-refractivity contribution in [2.75, 3.05) is 11.8 Å². The second-order valence-corrected chi connectivity index (χ2v) is 6.74. The smallest absolute Gasteiger partial charge is 0.269 e. The Balaban J connectivity index is 1.69. The molecule has 3 aromatic rings. The third-order valence-electron chi connectivity index (χ3n) is 4.90. The van der Waals surface area contributed by atoms with E-state index in [0.717, 1.165) is 16.7 Å². The molecule has 2 aliphatic rings. The highest BCUT2D eigenvalue weighted by molar-refractivity contribution is 6.14. The largest absolute Gasteiger partial charge is 0.454 e. The fraction of sp³-hybridized carbons (Fsp3) is 0.222. The maximum atomic E-state index is 11.0. The van der Waals surface area contributed by atoms with Gasteiger partial charge in [-0.1, -0.05) is 5.10 Å². The van der Waals surface area contributed by atoms with E-state index in [1.165, 1.54) is 12.1 Å². The minimum absolute atomic E-state index is 0.0125. The molecule has 29 heavy (non-hydrogen) atoms. The molecule has 11 heteroatoms. The molecule has 0 spiro atoms. The summed E-state index contributed by atoms with van der Waals surface area (Å²) >= 11 is 0. The van der Waals surface area contributed by atoms with Gasteiger partial charge >= 0.3 is 0 Å². The summed E-state index contributed by atoms with van der Waals surface area (Å²) in [6.07, 6.45) is 0.659. The topological polar surface area (TPSA) is 132 Å². The van der Waals surface area contributed by atoms with E-state index in [1.54, 1.807) is 17.1 Å². The quantitative estimate of drug-likeness (QED) is 0.528. The summed E-state index contributed by atoms with van der Waals surface area (Å²) in [5.41, 5.74) is 3.26. The number of H-pyrrole nitrogens is 1. The summed E-state index contributed by atoms with van der Waals surface area (Å²) in [4.78, 5) is 10.6. The predicted molar refractivity (Wildman–Crippen MR) is 101 cm³/mol. The number of hydrogen-bond donors (Lipinski definition) is 1. The highest BCUT2D eigenvalue weighted by Crippen LogP contribution is 2.38. The molecule has 146 valence electrons. The van der Waals surface area contributed by atoms with Gasteiger partial charge in [-0.3, -0.25) is 10.1 Å². The molecule has 1 N–H and O–H groups in total. The monoisotopic (exact) mass is 393 g/mol. The molecule has 5 rings (SSSR count). The lowest BCUT2D eigenvalue weighted by atomic mass is 9.94. The van der Waals surface area contributed by atoms with Gasteiger partial charge in [0.05, 0.1) is 16.7 Å². The summed E-state index contributed by atoms with van der Waals surface area (Å²) in [6, 6.07) is 10.1. The number of nitrogens with zero attached hydrogens (tertiary/aromatic N) is 6. The maximum Gasteiger partial charge on any atom is 0.269 e. The van der Waals surface area contributed by atoms with Crippen LogP contribution in [0.4, 0.5) is 11.6 Å². The summed E-state index contributed by atoms with van der Waals surface area (Å²) in [6.45, 7) is 2.19. The second kappa shape index (κ2) is 6.55. The normalized spacial score (nSPS) is 17.5. The van der Waals surface area contributed by atoms with Gasteiger partial charge in [-0.15, -0.1) is 0 Å². The highest BCUT2D eigenvalue weighted by Gasteiger charge is 2.29. The lowest BCUT2D eigenvalue weighted by molar-refractivity contribution is -0.384. The molecule has 0 amide bonds. The standard InChI is InChI=1S/C18H15N7O4/c1-10-6-12-7-15-16(29-9-28-15)8-14(12)17(21-24(10)18-19-22-23-20-18)11-2-4-13(5-3-11)25(26)27/h2-5,7-8,10H,6,9H2,1H3,(H,19,20,22,23). The Bertz CT molecular complexity index is 1110. The number of nitro benzene ring substituents is 1. The van der Waals surface area contributed by atoms with E-state index < -0.39 is 4.92 Å². The Labute approximate surface area is 164 Å². The average Bonchev–Trinajstić information content (AvgIpc) is 3.38. The number of hydrogen-bond acceptors (Lipinski definition) is 9. The van der Waals surface area contributed by atoms with Crippen molar-refractivity contribution in [2.24, 2.45) is 5.10 Å². The molecule has 0 bridgehead atoms. The fourth-order valence-corrected chi connectivity index (χ4v) is 3.50. The molecule has 11 nitrogen and oxygen atoms in total. The molecule has 0 aliphatic carbocycles. The molecular formula is C18H15N7O4. The number of aromatic nitrogens is 4. The predicted octanol–water partition coefficient (Wildman–Crippen LogP) is 2.04. The van der Waals surface area contributed by atoms with Gasteiger partial charge in [0.25, 0.3) is 11.6 Å². The first kappa shape index (κ1) is 17.1. The lowest BCUT2D eigenvalue weighted by Gasteiger charge is -2.21. The minimum Gasteiger partial charge on any atom is -0.454 e. The Hall–Kier alpha value is -4.02. The number of benzene rings is 2. The number of rotatable bonds is 3. The molecule has 2 aliphatic heterocycles. The molecule has 3 heterocycles. The second-order valence-electron chi connectivity index (χ2n) is 6.74. The van der Waals surface area contributed by atoms with Gasteiger partial charge in [-0.25, -0.2) is 10.1 Å². The van der Waals surface area contributed by atoms with Crippen LogP contribution < -0.4 is 14.5 Å². The van der Waals surface area contributed by atoms with Crippen molar-refractivity contribution >= 4 is 17.3 Å². The molecule has 1 atom stereocenters. The first-order valence-corrected chi connectivity index (χ1v) is 8.89. The Morgan fingerprint density at radius 1 is 1.21 bits per heavy atom. The molecule has 2 aromatic carbocycles. The van der Waals surface area contributed by atoms with Crippen LogP contribution in [0, 0.1) is 10.1 Å². The van der Waals surface area contributed by atoms with Crippen molar-refractivity contribution in [1.29, 1.82) is 0 Å². The van der Waals surface area contributed by atoms with Crippen molar-refractivity contribution in [3.05, 3.63) is 63.2 Å². The molecule has 0 saturated carbocycles. The average molecular weight is 393 g/mol. The third-order valence-corrected chi connectivity index (χ3v) is 4.90. The van der Waals surface area contributed by atoms with Gasteiger partial charge in [0.15, 0.2) is 11.5 Å². The van der Waals surface area contributed by atoms with Gasteiger partial charge in [-0.05, 0) is 53.6 Å². The van der Waals surface area contributed by atoms with Crippen LogP contribution in [-0.2, 0) is 6.42 Å². The fourth-order valence-electron chi connectivity index (χ4n) is 3.50. The number of ether oxygens (including phenoxy) is 2. The van der Waals surface area contributed by atoms with Crippen LogP contribution in [0.3, 0.4) is 0 Å². The van der Waals surface area contributed by atoms with E-state index >= 15 is 0 Å². The van der Waals surface area contributed by atoms with E-state index in [-0.39, 0.29) is 18.5 Å². The van der Waals surface area contributed by atoms with Crippen molar-refractivity contribution in [1.82, 2.24) is 20.6 Å². The molecule has 0 fully saturated rings. The molecule has 1 aromatic heterocycles. The molecular weight excluding hydrogens is 378 g/mol. The van der Waals surface area contributed by atoms with Crippen molar-refractivity contribution in [3.63, 3.8) is 0 Å². The summed E-state index contributed by atoms with van der Waals surface area (Å²) < 4.78 is 11.1. The zero-order chi connectivity index (χ0) is 20.0. The minimum atomic E-state index is -0.431. The number of nitrogens with one attached hydrogen (secondary N) is 1. The van der Waals surface area contributed by atoms with Crippen molar-refractivity contribution in [2.45, 2.75) is 19.4 Å². The first-order valence-electron chi connectivity index (χ1n) is 8.89. The first-order chi connectivity index (χ1) is 14.1. The highest BCUT2D eigenvalue weighted by atomic mass is 16.7. The van der Waals surface area contributed by atoms with Gasteiger partial charge in [-0.2, -0.15) is 5.10 Å². The molecule has 0 saturated heterocycles. The third kappa shape index (κ3) is 2.92. The zero-order valence-corrected chi connectivity index (χ0v) is 15.3. The number of non-ortho nitro benzene ring substituents is 1. The van der Waals surface area contributed by atoms with Crippen LogP contribution in [0.1, 0.15) is 23.6 Å². The molecule has 0 radical (unpaired) electrons. The molecule has 1 unspecified atom stereocenters. The van der Waals surface area contributed by atoms with Crippen LogP contribution in [0.2, 0.25) is 0 Å². The SMILES string of the molecule is CC1Cc2cc3c(cc2C(c2ccc([N+](=O)[O-])cc2)=NN1c1nnn[nH]1)OCO3. The van der Waals surface area contributed by atoms with Gasteiger partial charge in [0.2, 0.25) is 6.79 Å². The van der Waals surface area contributed by atoms with Gasteiger partial charge < -0.3 is 9.47 Å². The Morgan fingerprint density at radius 2 is 1.97 bits per heavy atom. The van der Waals surface area contributed by atoms with E-state index in [1.807, 2.05) is 19.1 Å². The van der Waals surface area contributed by atoms with E-state index in [4.69, 9.17) is 14.6 Å². The van der Waals surface area contributed by atoms with Crippen LogP contribution in [-0.4, -0.2) is 44.1 Å². The Morgan fingerprint density at radius 3 is 2.66 bits per heavy atom. The summed E-state index contributed by atoms with van der Waals surface area (Å²) in [5.74, 6) is 1.74. The van der Waals surface area contributed by atoms with Crippen molar-refractivity contribution < 1.29 is 14.4 Å². The number of anilines is 1. The van der Waals surface area contributed by atoms with E-state index in [2.05, 4.69) is 20.6 Å². The number of aromatic amines is 1. The van der Waals surface area contributed by atoms with Crippen molar-refractivity contribution in [3.8, 4) is 11.5 Å². The zero-order valence-electron chi connectivity index (χ0n) is 15.3. The maximum absolute atomic E-state index is 11.0. The number of tetrazole rings is 1. The summed E-state index contributed by atoms with van der Waals surface area (Å²) in [7, 11) is 0. The number of fused-ring (bicyclic) bond motifs is 2. The van der Waals surface area contributed by atoms with Crippen LogP contribution in [0.15, 0.2) is 41.5 Å². The number of hydrazone groups is 1. The van der Waals surface area contributed by atoms with Gasteiger partial charge in [0.1, 0.15) is 0 Å².